The Morgan fingerprint density at radius 1 is 1.17 bits per heavy atom. The van der Waals surface area contributed by atoms with Gasteiger partial charge in [-0.25, -0.2) is 4.79 Å². The van der Waals surface area contributed by atoms with Gasteiger partial charge >= 0.3 is 5.97 Å². The van der Waals surface area contributed by atoms with Crippen molar-refractivity contribution in [2.75, 3.05) is 23.3 Å². The molecule has 0 spiro atoms. The summed E-state index contributed by atoms with van der Waals surface area (Å²) < 4.78 is 0. The van der Waals surface area contributed by atoms with Crippen molar-refractivity contribution in [3.8, 4) is 0 Å². The summed E-state index contributed by atoms with van der Waals surface area (Å²) in [6, 6.07) is 18.8. The van der Waals surface area contributed by atoms with Crippen LogP contribution < -0.4 is 10.2 Å². The molecule has 1 aliphatic carbocycles. The first-order valence-electron chi connectivity index (χ1n) is 10.5. The number of anilines is 3. The third kappa shape index (κ3) is 4.15. The number of hydrogen-bond donors (Lipinski definition) is 2. The highest BCUT2D eigenvalue weighted by atomic mass is 16.4. The zero-order valence-corrected chi connectivity index (χ0v) is 17.2. The number of aromatic carboxylic acids is 1. The van der Waals surface area contributed by atoms with Crippen LogP contribution in [0.5, 0.6) is 0 Å². The van der Waals surface area contributed by atoms with Crippen LogP contribution in [0.2, 0.25) is 0 Å². The average Bonchev–Trinajstić information content (AvgIpc) is 2.79. The highest BCUT2D eigenvalue weighted by Gasteiger charge is 2.22. The van der Waals surface area contributed by atoms with E-state index in [2.05, 4.69) is 64.6 Å². The molecule has 3 aromatic rings. The first kappa shape index (κ1) is 20.0. The monoisotopic (exact) mass is 401 g/mol. The Morgan fingerprint density at radius 3 is 2.77 bits per heavy atom. The van der Waals surface area contributed by atoms with Gasteiger partial charge in [-0.15, -0.1) is 0 Å². The number of carboxylic acids is 1. The number of carbonyl (C=O) groups is 1. The van der Waals surface area contributed by atoms with Gasteiger partial charge in [-0.2, -0.15) is 0 Å². The van der Waals surface area contributed by atoms with Crippen LogP contribution in [0.25, 0.3) is 0 Å². The second-order valence-corrected chi connectivity index (χ2v) is 7.66. The van der Waals surface area contributed by atoms with E-state index in [9.17, 15) is 9.90 Å². The van der Waals surface area contributed by atoms with Crippen LogP contribution in [-0.4, -0.2) is 29.1 Å². The zero-order chi connectivity index (χ0) is 20.9. The van der Waals surface area contributed by atoms with Gasteiger partial charge in [-0.1, -0.05) is 24.3 Å². The predicted octanol–water partition coefficient (Wildman–Crippen LogP) is 5.47. The lowest BCUT2D eigenvalue weighted by atomic mass is 9.82. The van der Waals surface area contributed by atoms with E-state index in [1.807, 2.05) is 6.07 Å². The van der Waals surface area contributed by atoms with E-state index in [0.717, 1.165) is 25.8 Å². The summed E-state index contributed by atoms with van der Waals surface area (Å²) in [7, 11) is 0. The van der Waals surface area contributed by atoms with Crippen LogP contribution in [-0.2, 0) is 6.42 Å². The molecule has 30 heavy (non-hydrogen) atoms. The average molecular weight is 402 g/mol. The molecule has 0 aliphatic heterocycles. The van der Waals surface area contributed by atoms with E-state index >= 15 is 0 Å². The van der Waals surface area contributed by atoms with Crippen molar-refractivity contribution in [3.05, 3.63) is 83.7 Å². The minimum Gasteiger partial charge on any atom is -0.478 e. The first-order chi connectivity index (χ1) is 14.7. The maximum Gasteiger partial charge on any atom is 0.337 e. The van der Waals surface area contributed by atoms with E-state index in [-0.39, 0.29) is 5.56 Å². The normalized spacial score (nSPS) is 15.3. The molecule has 1 atom stereocenters. The standard InChI is InChI=1S/C25H27N3O2/c1-2-28(20-9-4-3-5-10-20)21-11-12-22-18(15-21)7-6-8-19(22)16-27-24-17-26-14-13-23(24)25(29)30/h3-5,9-15,17,19,27H,2,6-8,16H2,1H3,(H,29,30)/t19-/m0/s1. The number of rotatable bonds is 7. The molecule has 2 aromatic carbocycles. The fourth-order valence-electron chi connectivity index (χ4n) is 4.36. The number of pyridine rings is 1. The minimum absolute atomic E-state index is 0.262. The third-order valence-corrected chi connectivity index (χ3v) is 5.85. The molecule has 2 N–H and O–H groups in total. The van der Waals surface area contributed by atoms with Gasteiger partial charge in [-0.05, 0) is 67.6 Å². The van der Waals surface area contributed by atoms with Crippen LogP contribution in [0.3, 0.4) is 0 Å². The lowest BCUT2D eigenvalue weighted by molar-refractivity contribution is 0.0698. The summed E-state index contributed by atoms with van der Waals surface area (Å²) >= 11 is 0. The number of hydrogen-bond acceptors (Lipinski definition) is 4. The third-order valence-electron chi connectivity index (χ3n) is 5.85. The summed E-state index contributed by atoms with van der Waals surface area (Å²) in [6.45, 7) is 3.79. The van der Waals surface area contributed by atoms with Gasteiger partial charge in [-0.3, -0.25) is 4.98 Å². The Hall–Kier alpha value is -3.34. The predicted molar refractivity (Wildman–Crippen MR) is 121 cm³/mol. The summed E-state index contributed by atoms with van der Waals surface area (Å²) in [5.41, 5.74) is 6.02. The lowest BCUT2D eigenvalue weighted by Crippen LogP contribution is -2.21. The number of para-hydroxylation sites is 1. The summed E-state index contributed by atoms with van der Waals surface area (Å²) in [5.74, 6) is -0.578. The smallest absolute Gasteiger partial charge is 0.337 e. The highest BCUT2D eigenvalue weighted by Crippen LogP contribution is 2.36. The molecule has 1 heterocycles. The zero-order valence-electron chi connectivity index (χ0n) is 17.2. The molecule has 1 aliphatic rings. The second-order valence-electron chi connectivity index (χ2n) is 7.66. The van der Waals surface area contributed by atoms with Gasteiger partial charge < -0.3 is 15.3 Å². The molecule has 0 saturated heterocycles. The van der Waals surface area contributed by atoms with Crippen molar-refractivity contribution < 1.29 is 9.90 Å². The molecule has 0 unspecified atom stereocenters. The first-order valence-corrected chi connectivity index (χ1v) is 10.5. The maximum atomic E-state index is 11.4. The van der Waals surface area contributed by atoms with E-state index in [0.29, 0.717) is 18.2 Å². The van der Waals surface area contributed by atoms with Crippen LogP contribution in [0.4, 0.5) is 17.1 Å². The molecule has 5 nitrogen and oxygen atoms in total. The number of nitrogens with zero attached hydrogens (tertiary/aromatic N) is 2. The highest BCUT2D eigenvalue weighted by molar-refractivity contribution is 5.93. The molecular weight excluding hydrogens is 374 g/mol. The molecule has 0 radical (unpaired) electrons. The van der Waals surface area contributed by atoms with Gasteiger partial charge in [0.05, 0.1) is 17.4 Å². The van der Waals surface area contributed by atoms with Crippen LogP contribution in [0, 0.1) is 0 Å². The van der Waals surface area contributed by atoms with Gasteiger partial charge in [0, 0.05) is 36.6 Å². The van der Waals surface area contributed by atoms with Crippen molar-refractivity contribution in [1.29, 1.82) is 0 Å². The Labute approximate surface area is 177 Å². The molecular formula is C25H27N3O2. The number of aromatic nitrogens is 1. The molecule has 154 valence electrons. The SMILES string of the molecule is CCN(c1ccccc1)c1ccc2c(c1)CCC[C@H]2CNc1cnccc1C(=O)O. The quantitative estimate of drug-likeness (QED) is 0.550. The fourth-order valence-corrected chi connectivity index (χ4v) is 4.36. The maximum absolute atomic E-state index is 11.4. The van der Waals surface area contributed by atoms with Crippen molar-refractivity contribution in [1.82, 2.24) is 4.98 Å². The largest absolute Gasteiger partial charge is 0.478 e. The molecule has 0 fully saturated rings. The number of fused-ring (bicyclic) bond motifs is 1. The summed E-state index contributed by atoms with van der Waals surface area (Å²) in [6.07, 6.45) is 6.42. The van der Waals surface area contributed by atoms with Crippen LogP contribution in [0.1, 0.15) is 47.2 Å². The molecule has 0 amide bonds. The molecule has 5 heteroatoms. The van der Waals surface area contributed by atoms with E-state index in [1.165, 1.54) is 34.8 Å². The van der Waals surface area contributed by atoms with Crippen molar-refractivity contribution in [3.63, 3.8) is 0 Å². The van der Waals surface area contributed by atoms with Crippen molar-refractivity contribution >= 4 is 23.0 Å². The van der Waals surface area contributed by atoms with Gasteiger partial charge in [0.25, 0.3) is 0 Å². The number of carboxylic acid groups (broad SMARTS) is 1. The Kier molecular flexibility index (Phi) is 5.98. The van der Waals surface area contributed by atoms with E-state index < -0.39 is 5.97 Å². The van der Waals surface area contributed by atoms with Crippen molar-refractivity contribution in [2.45, 2.75) is 32.1 Å². The van der Waals surface area contributed by atoms with Gasteiger partial charge in [0.1, 0.15) is 0 Å². The number of nitrogens with one attached hydrogen (secondary N) is 1. The fraction of sp³-hybridized carbons (Fsp3) is 0.280. The summed E-state index contributed by atoms with van der Waals surface area (Å²) in [4.78, 5) is 17.8. The number of benzene rings is 2. The van der Waals surface area contributed by atoms with Crippen molar-refractivity contribution in [2.24, 2.45) is 0 Å². The van der Waals surface area contributed by atoms with Gasteiger partial charge in [0.15, 0.2) is 0 Å². The molecule has 4 rings (SSSR count). The Morgan fingerprint density at radius 2 is 2.00 bits per heavy atom. The lowest BCUT2D eigenvalue weighted by Gasteiger charge is -2.29. The van der Waals surface area contributed by atoms with Crippen LogP contribution >= 0.6 is 0 Å². The minimum atomic E-state index is -0.936. The molecule has 0 saturated carbocycles. The van der Waals surface area contributed by atoms with E-state index in [1.54, 1.807) is 6.20 Å². The van der Waals surface area contributed by atoms with E-state index in [4.69, 9.17) is 0 Å². The van der Waals surface area contributed by atoms with Gasteiger partial charge in [0.2, 0.25) is 0 Å². The van der Waals surface area contributed by atoms with Crippen LogP contribution in [0.15, 0.2) is 67.0 Å². The topological polar surface area (TPSA) is 65.5 Å². The summed E-state index contributed by atoms with van der Waals surface area (Å²) in [5, 5.41) is 12.7. The Balaban J connectivity index is 1.54. The number of aryl methyl sites for hydroxylation is 1. The molecule has 0 bridgehead atoms. The molecule has 1 aromatic heterocycles. The Bertz CT molecular complexity index is 1020. The second kappa shape index (κ2) is 8.99.